The van der Waals surface area contributed by atoms with Crippen LogP contribution in [-0.2, 0) is 10.9 Å². The Morgan fingerprint density at radius 3 is 2.58 bits per heavy atom. The number of hydrogen-bond donors (Lipinski definition) is 1. The number of ether oxygens (including phenoxy) is 1. The van der Waals surface area contributed by atoms with Gasteiger partial charge >= 0.3 is 6.18 Å². The highest BCUT2D eigenvalue weighted by Gasteiger charge is 2.54. The van der Waals surface area contributed by atoms with Gasteiger partial charge in [0.1, 0.15) is 5.69 Å². The van der Waals surface area contributed by atoms with Crippen LogP contribution in [0, 0.1) is 11.8 Å². The normalized spacial score (nSPS) is 25.4. The number of anilines is 1. The maximum absolute atomic E-state index is 12.8. The van der Waals surface area contributed by atoms with E-state index in [4.69, 9.17) is 16.3 Å². The fourth-order valence-corrected chi connectivity index (χ4v) is 3.46. The van der Waals surface area contributed by atoms with E-state index < -0.39 is 11.9 Å². The Hall–Kier alpha value is -1.79. The third-order valence-corrected chi connectivity index (χ3v) is 4.74. The van der Waals surface area contributed by atoms with Gasteiger partial charge in [-0.25, -0.2) is 4.98 Å². The largest absolute Gasteiger partial charge is 0.433 e. The highest BCUT2D eigenvalue weighted by Crippen LogP contribution is 2.46. The van der Waals surface area contributed by atoms with E-state index in [0.717, 1.165) is 25.0 Å². The minimum atomic E-state index is -4.47. The van der Waals surface area contributed by atoms with E-state index in [1.807, 2.05) is 0 Å². The van der Waals surface area contributed by atoms with Gasteiger partial charge in [-0.2, -0.15) is 13.2 Å². The first-order valence-electron chi connectivity index (χ1n) is 7.61. The van der Waals surface area contributed by atoms with Gasteiger partial charge in [0.05, 0.1) is 18.9 Å². The second-order valence-electron chi connectivity index (χ2n) is 6.17. The van der Waals surface area contributed by atoms with Crippen molar-refractivity contribution in [2.75, 3.05) is 18.5 Å². The molecule has 0 amide bonds. The zero-order valence-corrected chi connectivity index (χ0v) is 13.2. The Bertz CT molecular complexity index is 771. The average Bonchev–Trinajstić information content (AvgIpc) is 2.95. The predicted octanol–water partition coefficient (Wildman–Crippen LogP) is 4.48. The lowest BCUT2D eigenvalue weighted by Gasteiger charge is -2.12. The summed E-state index contributed by atoms with van der Waals surface area (Å²) in [7, 11) is 0. The van der Waals surface area contributed by atoms with Gasteiger partial charge in [-0.15, -0.1) is 0 Å². The van der Waals surface area contributed by atoms with Crippen molar-refractivity contribution in [1.29, 1.82) is 0 Å². The summed E-state index contributed by atoms with van der Waals surface area (Å²) < 4.78 is 43.9. The third-order valence-electron chi connectivity index (χ3n) is 4.52. The molecule has 1 saturated heterocycles. The number of benzene rings is 1. The first-order chi connectivity index (χ1) is 11.4. The Morgan fingerprint density at radius 2 is 1.88 bits per heavy atom. The van der Waals surface area contributed by atoms with Crippen molar-refractivity contribution in [1.82, 2.24) is 4.98 Å². The van der Waals surface area contributed by atoms with Crippen molar-refractivity contribution in [2.24, 2.45) is 11.8 Å². The molecule has 0 unspecified atom stereocenters. The van der Waals surface area contributed by atoms with Crippen molar-refractivity contribution in [2.45, 2.75) is 12.2 Å². The van der Waals surface area contributed by atoms with E-state index in [2.05, 4.69) is 10.3 Å². The zero-order chi connectivity index (χ0) is 16.9. The molecule has 2 heterocycles. The summed E-state index contributed by atoms with van der Waals surface area (Å²) in [6, 6.07) is 9.37. The number of hydrogen-bond acceptors (Lipinski definition) is 3. The second-order valence-corrected chi connectivity index (χ2v) is 6.61. The van der Waals surface area contributed by atoms with E-state index in [1.54, 1.807) is 24.3 Å². The number of pyridine rings is 1. The molecule has 3 nitrogen and oxygen atoms in total. The Labute approximate surface area is 141 Å². The third kappa shape index (κ3) is 2.96. The van der Waals surface area contributed by atoms with Gasteiger partial charge in [-0.05, 0) is 30.3 Å². The van der Waals surface area contributed by atoms with Crippen LogP contribution < -0.4 is 5.32 Å². The highest BCUT2D eigenvalue weighted by atomic mass is 35.5. The fraction of sp³-hybridized carbons (Fsp3) is 0.353. The molecule has 126 valence electrons. The van der Waals surface area contributed by atoms with E-state index in [9.17, 15) is 13.2 Å². The number of alkyl halides is 3. The molecule has 0 spiro atoms. The Balaban J connectivity index is 1.61. The Kier molecular flexibility index (Phi) is 3.69. The SMILES string of the molecule is FC(F)(F)c1cccc(-c2cc(Cl)cc(N[C@H]3[C@@H]4COC[C@@H]43)c2)n1. The van der Waals surface area contributed by atoms with Gasteiger partial charge in [0.25, 0.3) is 0 Å². The number of aromatic nitrogens is 1. The lowest BCUT2D eigenvalue weighted by Crippen LogP contribution is -2.12. The van der Waals surface area contributed by atoms with Crippen LogP contribution in [0.25, 0.3) is 11.3 Å². The molecular weight excluding hydrogens is 341 g/mol. The predicted molar refractivity (Wildman–Crippen MR) is 84.9 cm³/mol. The molecule has 2 fully saturated rings. The van der Waals surface area contributed by atoms with Crippen LogP contribution in [0.5, 0.6) is 0 Å². The molecule has 1 aliphatic heterocycles. The number of rotatable bonds is 3. The summed E-state index contributed by atoms with van der Waals surface area (Å²) in [5.41, 5.74) is 0.673. The zero-order valence-electron chi connectivity index (χ0n) is 12.5. The molecule has 1 saturated carbocycles. The summed E-state index contributed by atoms with van der Waals surface area (Å²) >= 11 is 6.14. The molecule has 1 N–H and O–H groups in total. The fourth-order valence-electron chi connectivity index (χ4n) is 3.22. The van der Waals surface area contributed by atoms with Gasteiger partial charge in [0.15, 0.2) is 0 Å². The maximum atomic E-state index is 12.8. The van der Waals surface area contributed by atoms with Crippen molar-refractivity contribution in [3.8, 4) is 11.3 Å². The number of nitrogens with zero attached hydrogens (tertiary/aromatic N) is 1. The monoisotopic (exact) mass is 354 g/mol. The summed E-state index contributed by atoms with van der Waals surface area (Å²) in [6.45, 7) is 1.51. The number of halogens is 4. The Morgan fingerprint density at radius 1 is 1.12 bits per heavy atom. The second kappa shape index (κ2) is 5.63. The highest BCUT2D eigenvalue weighted by molar-refractivity contribution is 6.31. The van der Waals surface area contributed by atoms with Gasteiger partial charge in [0.2, 0.25) is 0 Å². The average molecular weight is 355 g/mol. The molecule has 2 aliphatic rings. The molecule has 24 heavy (non-hydrogen) atoms. The lowest BCUT2D eigenvalue weighted by atomic mass is 10.1. The number of nitrogens with one attached hydrogen (secondary N) is 1. The van der Waals surface area contributed by atoms with Crippen LogP contribution in [0.15, 0.2) is 36.4 Å². The van der Waals surface area contributed by atoms with E-state index in [-0.39, 0.29) is 5.69 Å². The minimum Gasteiger partial charge on any atom is -0.381 e. The minimum absolute atomic E-state index is 0.245. The van der Waals surface area contributed by atoms with Gasteiger partial charge < -0.3 is 10.1 Å². The van der Waals surface area contributed by atoms with Gasteiger partial charge in [-0.1, -0.05) is 17.7 Å². The standard InChI is InChI=1S/C17H14ClF3N2O/c18-10-4-9(14-2-1-3-15(23-14)17(19,20)21)5-11(6-10)22-16-12-7-24-8-13(12)16/h1-6,12-13,16,22H,7-8H2/t12-,13+,16+. The van der Waals surface area contributed by atoms with Gasteiger partial charge in [-0.3, -0.25) is 0 Å². The van der Waals surface area contributed by atoms with Crippen LogP contribution in [0.1, 0.15) is 5.69 Å². The molecule has 1 aromatic heterocycles. The molecule has 2 aromatic rings. The molecule has 1 aromatic carbocycles. The topological polar surface area (TPSA) is 34.1 Å². The van der Waals surface area contributed by atoms with Crippen LogP contribution in [-0.4, -0.2) is 24.2 Å². The summed E-state index contributed by atoms with van der Waals surface area (Å²) in [6.07, 6.45) is -4.47. The van der Waals surface area contributed by atoms with Crippen molar-refractivity contribution < 1.29 is 17.9 Å². The molecule has 0 bridgehead atoms. The summed E-state index contributed by atoms with van der Waals surface area (Å²) in [4.78, 5) is 3.72. The molecule has 7 heteroatoms. The van der Waals surface area contributed by atoms with E-state index in [0.29, 0.717) is 28.5 Å². The molecule has 0 radical (unpaired) electrons. The molecule has 4 rings (SSSR count). The summed E-state index contributed by atoms with van der Waals surface area (Å²) in [5.74, 6) is 1.03. The van der Waals surface area contributed by atoms with E-state index in [1.165, 1.54) is 6.07 Å². The van der Waals surface area contributed by atoms with E-state index >= 15 is 0 Å². The van der Waals surface area contributed by atoms with Crippen molar-refractivity contribution in [3.05, 3.63) is 47.1 Å². The van der Waals surface area contributed by atoms with Crippen LogP contribution in [0.2, 0.25) is 5.02 Å². The van der Waals surface area contributed by atoms with Crippen LogP contribution >= 0.6 is 11.6 Å². The lowest BCUT2D eigenvalue weighted by molar-refractivity contribution is -0.141. The smallest absolute Gasteiger partial charge is 0.381 e. The molecule has 3 atom stereocenters. The quantitative estimate of drug-likeness (QED) is 0.882. The van der Waals surface area contributed by atoms with Crippen molar-refractivity contribution in [3.63, 3.8) is 0 Å². The molecule has 1 aliphatic carbocycles. The van der Waals surface area contributed by atoms with Crippen LogP contribution in [0.3, 0.4) is 0 Å². The summed E-state index contributed by atoms with van der Waals surface area (Å²) in [5, 5.41) is 3.85. The van der Waals surface area contributed by atoms with Crippen LogP contribution in [0.4, 0.5) is 18.9 Å². The molecular formula is C17H14ClF3N2O. The number of fused-ring (bicyclic) bond motifs is 1. The van der Waals surface area contributed by atoms with Crippen molar-refractivity contribution >= 4 is 17.3 Å². The van der Waals surface area contributed by atoms with Gasteiger partial charge in [0, 0.05) is 34.2 Å². The maximum Gasteiger partial charge on any atom is 0.433 e. The first kappa shape index (κ1) is 15.7. The first-order valence-corrected chi connectivity index (χ1v) is 7.99.